The molecule has 0 spiro atoms. The molecule has 6 nitrogen and oxygen atoms in total. The average Bonchev–Trinajstić information content (AvgIpc) is 2.92. The van der Waals surface area contributed by atoms with Crippen LogP contribution in [0.4, 0.5) is 0 Å². The molecule has 1 saturated heterocycles. The van der Waals surface area contributed by atoms with Crippen molar-refractivity contribution in [1.82, 2.24) is 19.6 Å². The largest absolute Gasteiger partial charge is 0.496 e. The molecule has 1 aromatic carbocycles. The Hall–Kier alpha value is -2.34. The first kappa shape index (κ1) is 16.5. The van der Waals surface area contributed by atoms with Crippen LogP contribution >= 0.6 is 0 Å². The quantitative estimate of drug-likeness (QED) is 0.857. The molecular formula is C18H24N4O2. The Bertz CT molecular complexity index is 718. The van der Waals surface area contributed by atoms with Crippen LogP contribution in [-0.4, -0.2) is 58.8 Å². The van der Waals surface area contributed by atoms with E-state index in [9.17, 15) is 4.79 Å². The molecule has 0 N–H and O–H groups in total. The van der Waals surface area contributed by atoms with Crippen LogP contribution in [0.5, 0.6) is 5.75 Å². The fourth-order valence-corrected chi connectivity index (χ4v) is 3.15. The molecule has 1 aliphatic rings. The van der Waals surface area contributed by atoms with Crippen LogP contribution in [-0.2, 0) is 13.6 Å². The van der Waals surface area contributed by atoms with Crippen molar-refractivity contribution in [2.45, 2.75) is 13.5 Å². The zero-order valence-electron chi connectivity index (χ0n) is 14.5. The number of nitrogens with zero attached hydrogens (tertiary/aromatic N) is 4. The van der Waals surface area contributed by atoms with Crippen LogP contribution in [0, 0.1) is 6.92 Å². The lowest BCUT2D eigenvalue weighted by Crippen LogP contribution is -2.48. The highest BCUT2D eigenvalue weighted by molar-refractivity contribution is 5.97. The van der Waals surface area contributed by atoms with Gasteiger partial charge in [0.05, 0.1) is 18.4 Å². The Kier molecular flexibility index (Phi) is 4.85. The summed E-state index contributed by atoms with van der Waals surface area (Å²) < 4.78 is 7.16. The van der Waals surface area contributed by atoms with Gasteiger partial charge in [0, 0.05) is 51.5 Å². The van der Waals surface area contributed by atoms with Gasteiger partial charge >= 0.3 is 0 Å². The summed E-state index contributed by atoms with van der Waals surface area (Å²) in [5, 5.41) is 4.39. The number of aromatic nitrogens is 2. The number of benzene rings is 1. The van der Waals surface area contributed by atoms with E-state index < -0.39 is 0 Å². The van der Waals surface area contributed by atoms with E-state index in [1.807, 2.05) is 47.8 Å². The lowest BCUT2D eigenvalue weighted by atomic mass is 10.1. The van der Waals surface area contributed by atoms with E-state index in [0.717, 1.165) is 38.4 Å². The first-order valence-corrected chi connectivity index (χ1v) is 8.22. The van der Waals surface area contributed by atoms with Crippen molar-refractivity contribution < 1.29 is 9.53 Å². The van der Waals surface area contributed by atoms with Crippen molar-refractivity contribution in [2.24, 2.45) is 7.05 Å². The van der Waals surface area contributed by atoms with Gasteiger partial charge in [-0.05, 0) is 19.1 Å². The summed E-state index contributed by atoms with van der Waals surface area (Å²) in [6.07, 6.45) is 2.07. The Morgan fingerprint density at radius 2 is 1.92 bits per heavy atom. The van der Waals surface area contributed by atoms with Gasteiger partial charge in [0.15, 0.2) is 0 Å². The molecule has 6 heteroatoms. The molecule has 1 amide bonds. The Morgan fingerprint density at radius 1 is 1.21 bits per heavy atom. The summed E-state index contributed by atoms with van der Waals surface area (Å²) in [4.78, 5) is 17.0. The van der Waals surface area contributed by atoms with Crippen molar-refractivity contribution in [3.63, 3.8) is 0 Å². The lowest BCUT2D eigenvalue weighted by molar-refractivity contribution is 0.0625. The monoisotopic (exact) mass is 328 g/mol. The standard InChI is InChI=1S/C18H24N4O2/c1-14-15(12-20(2)19-14)13-21-8-10-22(11-9-21)18(23)16-6-4-5-7-17(16)24-3/h4-7,12H,8-11,13H2,1-3H3. The Morgan fingerprint density at radius 3 is 2.54 bits per heavy atom. The number of methoxy groups -OCH3 is 1. The van der Waals surface area contributed by atoms with Gasteiger partial charge in [-0.1, -0.05) is 12.1 Å². The van der Waals surface area contributed by atoms with Gasteiger partial charge in [-0.15, -0.1) is 0 Å². The molecule has 0 atom stereocenters. The summed E-state index contributed by atoms with van der Waals surface area (Å²) in [6.45, 7) is 6.13. The van der Waals surface area contributed by atoms with E-state index in [1.54, 1.807) is 7.11 Å². The zero-order chi connectivity index (χ0) is 17.1. The second-order valence-electron chi connectivity index (χ2n) is 6.18. The third-order valence-electron chi connectivity index (χ3n) is 4.51. The number of rotatable bonds is 4. The highest BCUT2D eigenvalue weighted by Crippen LogP contribution is 2.20. The second kappa shape index (κ2) is 7.05. The maximum Gasteiger partial charge on any atom is 0.257 e. The molecule has 0 unspecified atom stereocenters. The molecule has 1 aromatic heterocycles. The SMILES string of the molecule is COc1ccccc1C(=O)N1CCN(Cc2cn(C)nc2C)CC1. The topological polar surface area (TPSA) is 50.6 Å². The number of ether oxygens (including phenoxy) is 1. The van der Waals surface area contributed by atoms with E-state index in [2.05, 4.69) is 16.2 Å². The number of amides is 1. The number of carbonyl (C=O) groups is 1. The lowest BCUT2D eigenvalue weighted by Gasteiger charge is -2.34. The normalized spacial score (nSPS) is 15.5. The molecule has 3 rings (SSSR count). The number of para-hydroxylation sites is 1. The van der Waals surface area contributed by atoms with E-state index in [1.165, 1.54) is 5.56 Å². The van der Waals surface area contributed by atoms with Crippen LogP contribution in [0.2, 0.25) is 0 Å². The summed E-state index contributed by atoms with van der Waals surface area (Å²) in [5.41, 5.74) is 2.96. The molecule has 0 saturated carbocycles. The molecule has 1 aliphatic heterocycles. The number of aryl methyl sites for hydroxylation is 2. The van der Waals surface area contributed by atoms with Crippen molar-refractivity contribution >= 4 is 5.91 Å². The fourth-order valence-electron chi connectivity index (χ4n) is 3.15. The molecule has 2 heterocycles. The predicted octanol–water partition coefficient (Wildman–Crippen LogP) is 1.70. The van der Waals surface area contributed by atoms with Crippen LogP contribution in [0.15, 0.2) is 30.5 Å². The molecule has 0 bridgehead atoms. The molecule has 0 aliphatic carbocycles. The first-order chi connectivity index (χ1) is 11.6. The molecular weight excluding hydrogens is 304 g/mol. The molecule has 1 fully saturated rings. The van der Waals surface area contributed by atoms with Gasteiger partial charge in [0.1, 0.15) is 5.75 Å². The van der Waals surface area contributed by atoms with Gasteiger partial charge in [0.2, 0.25) is 0 Å². The minimum atomic E-state index is 0.0460. The molecule has 2 aromatic rings. The van der Waals surface area contributed by atoms with Gasteiger partial charge in [0.25, 0.3) is 5.91 Å². The second-order valence-corrected chi connectivity index (χ2v) is 6.18. The number of hydrogen-bond donors (Lipinski definition) is 0. The minimum absolute atomic E-state index is 0.0460. The third-order valence-corrected chi connectivity index (χ3v) is 4.51. The van der Waals surface area contributed by atoms with Crippen molar-refractivity contribution in [3.8, 4) is 5.75 Å². The van der Waals surface area contributed by atoms with Crippen molar-refractivity contribution in [3.05, 3.63) is 47.3 Å². The molecule has 128 valence electrons. The van der Waals surface area contributed by atoms with E-state index in [-0.39, 0.29) is 5.91 Å². The van der Waals surface area contributed by atoms with Crippen molar-refractivity contribution in [1.29, 1.82) is 0 Å². The van der Waals surface area contributed by atoms with E-state index >= 15 is 0 Å². The summed E-state index contributed by atoms with van der Waals surface area (Å²) >= 11 is 0. The van der Waals surface area contributed by atoms with Crippen LogP contribution in [0.1, 0.15) is 21.6 Å². The minimum Gasteiger partial charge on any atom is -0.496 e. The first-order valence-electron chi connectivity index (χ1n) is 8.22. The van der Waals surface area contributed by atoms with E-state index in [4.69, 9.17) is 4.74 Å². The maximum absolute atomic E-state index is 12.7. The van der Waals surface area contributed by atoms with Gasteiger partial charge in [-0.25, -0.2) is 0 Å². The van der Waals surface area contributed by atoms with Crippen molar-refractivity contribution in [2.75, 3.05) is 33.3 Å². The number of hydrogen-bond acceptors (Lipinski definition) is 4. The fraction of sp³-hybridized carbons (Fsp3) is 0.444. The van der Waals surface area contributed by atoms with Gasteiger partial charge < -0.3 is 9.64 Å². The van der Waals surface area contributed by atoms with Gasteiger partial charge in [-0.2, -0.15) is 5.10 Å². The van der Waals surface area contributed by atoms with Gasteiger partial charge in [-0.3, -0.25) is 14.4 Å². The smallest absolute Gasteiger partial charge is 0.257 e. The van der Waals surface area contributed by atoms with Crippen LogP contribution in [0.3, 0.4) is 0 Å². The molecule has 0 radical (unpaired) electrons. The highest BCUT2D eigenvalue weighted by atomic mass is 16.5. The summed E-state index contributed by atoms with van der Waals surface area (Å²) in [7, 11) is 3.54. The predicted molar refractivity (Wildman–Crippen MR) is 92.1 cm³/mol. The highest BCUT2D eigenvalue weighted by Gasteiger charge is 2.24. The summed E-state index contributed by atoms with van der Waals surface area (Å²) in [6, 6.07) is 7.40. The van der Waals surface area contributed by atoms with E-state index in [0.29, 0.717) is 11.3 Å². The summed E-state index contributed by atoms with van der Waals surface area (Å²) in [5.74, 6) is 0.681. The Labute approximate surface area is 142 Å². The van der Waals surface area contributed by atoms with Crippen LogP contribution < -0.4 is 4.74 Å². The van der Waals surface area contributed by atoms with Crippen LogP contribution in [0.25, 0.3) is 0 Å². The molecule has 24 heavy (non-hydrogen) atoms. The zero-order valence-corrected chi connectivity index (χ0v) is 14.5. The third kappa shape index (κ3) is 3.43. The Balaban J connectivity index is 1.60. The number of piperazine rings is 1. The average molecular weight is 328 g/mol. The number of carbonyl (C=O) groups excluding carboxylic acids is 1. The maximum atomic E-state index is 12.7.